The molecule has 8 nitrogen and oxygen atoms in total. The molecular weight excluding hydrogens is 402 g/mol. The Morgan fingerprint density at radius 3 is 2.33 bits per heavy atom. The van der Waals surface area contributed by atoms with Crippen LogP contribution in [0.4, 0.5) is 5.82 Å². The lowest BCUT2D eigenvalue weighted by Crippen LogP contribution is -2.50. The molecule has 1 fully saturated rings. The van der Waals surface area contributed by atoms with Crippen molar-refractivity contribution in [2.45, 2.75) is 20.8 Å². The van der Waals surface area contributed by atoms with Crippen molar-refractivity contribution in [3.63, 3.8) is 0 Å². The van der Waals surface area contributed by atoms with E-state index in [9.17, 15) is 18.5 Å². The van der Waals surface area contributed by atoms with E-state index in [2.05, 4.69) is 11.4 Å². The Morgan fingerprint density at radius 1 is 1.13 bits per heavy atom. The zero-order chi connectivity index (χ0) is 21.9. The van der Waals surface area contributed by atoms with Crippen molar-refractivity contribution in [2.24, 2.45) is 0 Å². The van der Waals surface area contributed by atoms with E-state index in [0.717, 1.165) is 16.9 Å². The van der Waals surface area contributed by atoms with Crippen molar-refractivity contribution in [3.05, 3.63) is 47.2 Å². The van der Waals surface area contributed by atoms with E-state index in [1.165, 1.54) is 4.31 Å². The number of nitrogens with zero attached hydrogens (tertiary/aromatic N) is 4. The van der Waals surface area contributed by atoms with Crippen LogP contribution in [0.1, 0.15) is 23.7 Å². The number of para-hydroxylation sites is 1. The largest absolute Gasteiger partial charge is 0.310 e. The highest BCUT2D eigenvalue weighted by Crippen LogP contribution is 2.29. The minimum absolute atomic E-state index is 0.0829. The van der Waals surface area contributed by atoms with Gasteiger partial charge in [0, 0.05) is 37.6 Å². The second-order valence-electron chi connectivity index (χ2n) is 7.34. The molecule has 160 valence electrons. The zero-order valence-electron chi connectivity index (χ0n) is 17.6. The highest BCUT2D eigenvalue weighted by Gasteiger charge is 2.27. The van der Waals surface area contributed by atoms with E-state index < -0.39 is 10.0 Å². The van der Waals surface area contributed by atoms with E-state index in [4.69, 9.17) is 0 Å². The van der Waals surface area contributed by atoms with Crippen LogP contribution in [-0.4, -0.2) is 66.6 Å². The van der Waals surface area contributed by atoms with Gasteiger partial charge in [0.05, 0.1) is 17.9 Å². The monoisotopic (exact) mass is 429 g/mol. The number of hydrogen-bond donors (Lipinski definition) is 1. The first-order valence-electron chi connectivity index (χ1n) is 9.96. The molecule has 2 heterocycles. The molecule has 0 radical (unpaired) electrons. The third kappa shape index (κ3) is 4.41. The van der Waals surface area contributed by atoms with Gasteiger partial charge in [0.1, 0.15) is 11.9 Å². The van der Waals surface area contributed by atoms with Gasteiger partial charge in [-0.05, 0) is 38.5 Å². The standard InChI is InChI=1S/C21H27N5O3S/c1-4-30(28,29)25-12-10-24(11-13-25)15-20(27)23-21-19(14-22)16(2)17(3)26(21)18-8-6-5-7-9-18/h5-9H,4,10-13,15H2,1-3H3,(H,23,27). The van der Waals surface area contributed by atoms with Crippen LogP contribution in [0.15, 0.2) is 30.3 Å². The summed E-state index contributed by atoms with van der Waals surface area (Å²) in [7, 11) is -3.20. The Hall–Kier alpha value is -2.67. The van der Waals surface area contributed by atoms with E-state index in [-0.39, 0.29) is 18.2 Å². The number of anilines is 1. The van der Waals surface area contributed by atoms with Crippen LogP contribution in [0, 0.1) is 25.2 Å². The molecule has 1 N–H and O–H groups in total. The van der Waals surface area contributed by atoms with Gasteiger partial charge in [-0.15, -0.1) is 0 Å². The summed E-state index contributed by atoms with van der Waals surface area (Å²) in [6.45, 7) is 7.32. The smallest absolute Gasteiger partial charge is 0.239 e. The number of nitrogens with one attached hydrogen (secondary N) is 1. The molecule has 1 aromatic carbocycles. The van der Waals surface area contributed by atoms with Crippen molar-refractivity contribution >= 4 is 21.7 Å². The fourth-order valence-corrected chi connectivity index (χ4v) is 4.77. The van der Waals surface area contributed by atoms with Crippen molar-refractivity contribution in [3.8, 4) is 11.8 Å². The molecule has 0 aliphatic carbocycles. The Labute approximate surface area is 177 Å². The third-order valence-electron chi connectivity index (χ3n) is 5.55. The van der Waals surface area contributed by atoms with Gasteiger partial charge >= 0.3 is 0 Å². The number of amides is 1. The summed E-state index contributed by atoms with van der Waals surface area (Å²) >= 11 is 0. The minimum Gasteiger partial charge on any atom is -0.310 e. The third-order valence-corrected chi connectivity index (χ3v) is 7.44. The number of benzene rings is 1. The Kier molecular flexibility index (Phi) is 6.61. The average molecular weight is 430 g/mol. The van der Waals surface area contributed by atoms with Gasteiger partial charge < -0.3 is 5.32 Å². The van der Waals surface area contributed by atoms with Crippen molar-refractivity contribution in [1.29, 1.82) is 5.26 Å². The minimum atomic E-state index is -3.20. The first-order valence-corrected chi connectivity index (χ1v) is 11.6. The van der Waals surface area contributed by atoms with E-state index in [0.29, 0.717) is 37.6 Å². The van der Waals surface area contributed by atoms with Gasteiger partial charge in [-0.25, -0.2) is 8.42 Å². The fourth-order valence-electron chi connectivity index (χ4n) is 3.68. The van der Waals surface area contributed by atoms with Crippen molar-refractivity contribution in [1.82, 2.24) is 13.8 Å². The normalized spacial score (nSPS) is 15.7. The number of carbonyl (C=O) groups is 1. The quantitative estimate of drug-likeness (QED) is 0.756. The number of rotatable bonds is 6. The van der Waals surface area contributed by atoms with E-state index in [1.807, 2.05) is 53.6 Å². The van der Waals surface area contributed by atoms with Crippen LogP contribution in [0.2, 0.25) is 0 Å². The van der Waals surface area contributed by atoms with Gasteiger partial charge in [0.25, 0.3) is 0 Å². The second kappa shape index (κ2) is 9.00. The molecule has 0 atom stereocenters. The summed E-state index contributed by atoms with van der Waals surface area (Å²) in [6.07, 6.45) is 0. The zero-order valence-corrected chi connectivity index (χ0v) is 18.4. The molecular formula is C21H27N5O3S. The molecule has 1 saturated heterocycles. The predicted molar refractivity (Wildman–Crippen MR) is 116 cm³/mol. The summed E-state index contributed by atoms with van der Waals surface area (Å²) in [5.41, 5.74) is 3.04. The Morgan fingerprint density at radius 2 is 1.77 bits per heavy atom. The molecule has 3 rings (SSSR count). The number of carbonyl (C=O) groups excluding carboxylic acids is 1. The summed E-state index contributed by atoms with van der Waals surface area (Å²) in [6, 6.07) is 11.8. The lowest BCUT2D eigenvalue weighted by molar-refractivity contribution is -0.117. The van der Waals surface area contributed by atoms with Gasteiger partial charge in [0.2, 0.25) is 15.9 Å². The number of piperazine rings is 1. The molecule has 1 amide bonds. The molecule has 0 saturated carbocycles. The van der Waals surface area contributed by atoms with Crippen LogP contribution in [0.5, 0.6) is 0 Å². The second-order valence-corrected chi connectivity index (χ2v) is 9.60. The van der Waals surface area contributed by atoms with Crippen LogP contribution in [-0.2, 0) is 14.8 Å². The molecule has 30 heavy (non-hydrogen) atoms. The van der Waals surface area contributed by atoms with E-state index >= 15 is 0 Å². The lowest BCUT2D eigenvalue weighted by atomic mass is 10.2. The highest BCUT2D eigenvalue weighted by molar-refractivity contribution is 7.89. The topological polar surface area (TPSA) is 98.4 Å². The first kappa shape index (κ1) is 22.0. The van der Waals surface area contributed by atoms with Gasteiger partial charge in [-0.3, -0.25) is 14.3 Å². The molecule has 0 unspecified atom stereocenters. The van der Waals surface area contributed by atoms with Crippen molar-refractivity contribution in [2.75, 3.05) is 43.8 Å². The molecule has 1 aliphatic heterocycles. The van der Waals surface area contributed by atoms with Crippen LogP contribution >= 0.6 is 0 Å². The number of aromatic nitrogens is 1. The molecule has 2 aromatic rings. The summed E-state index contributed by atoms with van der Waals surface area (Å²) in [5, 5.41) is 12.6. The maximum Gasteiger partial charge on any atom is 0.239 e. The molecule has 1 aliphatic rings. The SMILES string of the molecule is CCS(=O)(=O)N1CCN(CC(=O)Nc2c(C#N)c(C)c(C)n2-c2ccccc2)CC1. The number of nitriles is 1. The Balaban J connectivity index is 1.75. The predicted octanol–water partition coefficient (Wildman–Crippen LogP) is 1.87. The maximum atomic E-state index is 12.8. The molecule has 1 aromatic heterocycles. The summed E-state index contributed by atoms with van der Waals surface area (Å²) < 4.78 is 27.4. The Bertz CT molecular complexity index is 1060. The van der Waals surface area contributed by atoms with Crippen LogP contribution < -0.4 is 5.32 Å². The summed E-state index contributed by atoms with van der Waals surface area (Å²) in [5.74, 6) is 0.323. The van der Waals surface area contributed by atoms with Gasteiger partial charge in [0.15, 0.2) is 0 Å². The highest BCUT2D eigenvalue weighted by atomic mass is 32.2. The molecule has 9 heteroatoms. The van der Waals surface area contributed by atoms with Gasteiger partial charge in [-0.2, -0.15) is 9.57 Å². The van der Waals surface area contributed by atoms with Crippen molar-refractivity contribution < 1.29 is 13.2 Å². The number of sulfonamides is 1. The van der Waals surface area contributed by atoms with E-state index in [1.54, 1.807) is 6.92 Å². The summed E-state index contributed by atoms with van der Waals surface area (Å²) in [4.78, 5) is 14.7. The molecule has 0 bridgehead atoms. The van der Waals surface area contributed by atoms with Crippen LogP contribution in [0.25, 0.3) is 5.69 Å². The number of hydrogen-bond acceptors (Lipinski definition) is 5. The van der Waals surface area contributed by atoms with Crippen LogP contribution in [0.3, 0.4) is 0 Å². The molecule has 0 spiro atoms. The lowest BCUT2D eigenvalue weighted by Gasteiger charge is -2.33. The average Bonchev–Trinajstić information content (AvgIpc) is 2.98. The maximum absolute atomic E-state index is 12.8. The fraction of sp³-hybridized carbons (Fsp3) is 0.429. The van der Waals surface area contributed by atoms with Gasteiger partial charge in [-0.1, -0.05) is 18.2 Å². The first-order chi connectivity index (χ1) is 14.3.